The van der Waals surface area contributed by atoms with E-state index in [4.69, 9.17) is 4.74 Å². The van der Waals surface area contributed by atoms with Crippen molar-refractivity contribution in [3.63, 3.8) is 0 Å². The molecule has 0 aliphatic rings. The number of hydrogen-bond acceptors (Lipinski definition) is 3. The molecule has 6 heteroatoms. The van der Waals surface area contributed by atoms with E-state index in [1.165, 1.54) is 5.56 Å². The minimum Gasteiger partial charge on any atom is -0.473 e. The lowest BCUT2D eigenvalue weighted by molar-refractivity contribution is 0.233. The number of fused-ring (bicyclic) bond motifs is 1. The fourth-order valence-electron chi connectivity index (χ4n) is 2.72. The van der Waals surface area contributed by atoms with Gasteiger partial charge in [0.1, 0.15) is 5.75 Å². The molecule has 0 spiro atoms. The van der Waals surface area contributed by atoms with Gasteiger partial charge in [0.15, 0.2) is 6.73 Å². The van der Waals surface area contributed by atoms with E-state index in [2.05, 4.69) is 54.4 Å². The van der Waals surface area contributed by atoms with Gasteiger partial charge in [-0.05, 0) is 42.2 Å². The summed E-state index contributed by atoms with van der Waals surface area (Å²) >= 11 is 0. The van der Waals surface area contributed by atoms with Crippen molar-refractivity contribution in [1.82, 2.24) is 15.3 Å². The first-order valence-corrected chi connectivity index (χ1v) is 8.55. The van der Waals surface area contributed by atoms with Crippen LogP contribution in [0.5, 0.6) is 5.75 Å². The number of hydrogen-bond donors (Lipinski definition) is 3. The average Bonchev–Trinajstić information content (AvgIpc) is 3.03. The maximum absolute atomic E-state index is 12.1. The summed E-state index contributed by atoms with van der Waals surface area (Å²) in [6.45, 7) is 8.56. The predicted octanol–water partition coefficient (Wildman–Crippen LogP) is 4.33. The number of amides is 2. The lowest BCUT2D eigenvalue weighted by Gasteiger charge is -2.23. The van der Waals surface area contributed by atoms with Gasteiger partial charge in [0.05, 0.1) is 17.4 Å². The van der Waals surface area contributed by atoms with E-state index >= 15 is 0 Å². The molecule has 0 unspecified atom stereocenters. The van der Waals surface area contributed by atoms with Crippen LogP contribution < -0.4 is 15.4 Å². The molecule has 2 aromatic carbocycles. The SMILES string of the molecule is Cc1ccc(OCNC(=O)Nc2ccc3nc[nH]c3c2)c(C(C)(C)C)c1. The van der Waals surface area contributed by atoms with Crippen LogP contribution in [-0.4, -0.2) is 22.7 Å². The molecule has 0 radical (unpaired) electrons. The van der Waals surface area contributed by atoms with Gasteiger partial charge in [-0.2, -0.15) is 0 Å². The molecule has 6 nitrogen and oxygen atoms in total. The van der Waals surface area contributed by atoms with Crippen LogP contribution in [-0.2, 0) is 5.41 Å². The van der Waals surface area contributed by atoms with Crippen LogP contribution in [0, 0.1) is 6.92 Å². The molecule has 3 aromatic rings. The van der Waals surface area contributed by atoms with Crippen LogP contribution in [0.15, 0.2) is 42.7 Å². The number of nitrogens with one attached hydrogen (secondary N) is 3. The maximum atomic E-state index is 12.1. The fourth-order valence-corrected chi connectivity index (χ4v) is 2.72. The summed E-state index contributed by atoms with van der Waals surface area (Å²) in [4.78, 5) is 19.3. The molecule has 2 amide bonds. The molecule has 136 valence electrons. The summed E-state index contributed by atoms with van der Waals surface area (Å²) in [5.74, 6) is 0.780. The summed E-state index contributed by atoms with van der Waals surface area (Å²) in [5.41, 5.74) is 4.67. The second-order valence-electron chi connectivity index (χ2n) is 7.30. The number of carbonyl (C=O) groups is 1. The van der Waals surface area contributed by atoms with Gasteiger partial charge in [-0.25, -0.2) is 9.78 Å². The van der Waals surface area contributed by atoms with Crippen molar-refractivity contribution in [3.05, 3.63) is 53.9 Å². The van der Waals surface area contributed by atoms with Crippen LogP contribution in [0.1, 0.15) is 31.9 Å². The van der Waals surface area contributed by atoms with E-state index in [1.807, 2.05) is 24.3 Å². The highest BCUT2D eigenvalue weighted by Crippen LogP contribution is 2.32. The molecular formula is C20H24N4O2. The number of ether oxygens (including phenoxy) is 1. The van der Waals surface area contributed by atoms with Crippen LogP contribution in [0.4, 0.5) is 10.5 Å². The Morgan fingerprint density at radius 3 is 2.77 bits per heavy atom. The molecule has 3 rings (SSSR count). The zero-order valence-corrected chi connectivity index (χ0v) is 15.5. The molecular weight excluding hydrogens is 328 g/mol. The van der Waals surface area contributed by atoms with Crippen molar-refractivity contribution in [3.8, 4) is 5.75 Å². The summed E-state index contributed by atoms with van der Waals surface area (Å²) in [6.07, 6.45) is 1.62. The molecule has 0 aliphatic carbocycles. The Labute approximate surface area is 153 Å². The number of urea groups is 1. The summed E-state index contributed by atoms with van der Waals surface area (Å²) in [7, 11) is 0. The highest BCUT2D eigenvalue weighted by Gasteiger charge is 2.19. The van der Waals surface area contributed by atoms with Gasteiger partial charge in [-0.15, -0.1) is 0 Å². The number of benzene rings is 2. The van der Waals surface area contributed by atoms with E-state index in [1.54, 1.807) is 12.4 Å². The lowest BCUT2D eigenvalue weighted by atomic mass is 9.85. The quantitative estimate of drug-likeness (QED) is 0.612. The van der Waals surface area contributed by atoms with Crippen LogP contribution in [0.3, 0.4) is 0 Å². The Morgan fingerprint density at radius 2 is 2.00 bits per heavy atom. The number of rotatable bonds is 4. The average molecular weight is 352 g/mol. The highest BCUT2D eigenvalue weighted by molar-refractivity contribution is 5.91. The summed E-state index contributed by atoms with van der Waals surface area (Å²) in [5, 5.41) is 5.50. The molecule has 0 bridgehead atoms. The Kier molecular flexibility index (Phi) is 4.84. The molecule has 0 fully saturated rings. The number of aryl methyl sites for hydroxylation is 1. The van der Waals surface area contributed by atoms with Crippen molar-refractivity contribution in [1.29, 1.82) is 0 Å². The lowest BCUT2D eigenvalue weighted by Crippen LogP contribution is -2.32. The Bertz CT molecular complexity index is 925. The van der Waals surface area contributed by atoms with E-state index in [9.17, 15) is 4.79 Å². The number of imidazole rings is 1. The largest absolute Gasteiger partial charge is 0.473 e. The van der Waals surface area contributed by atoms with Gasteiger partial charge in [-0.1, -0.05) is 38.5 Å². The number of aromatic nitrogens is 2. The van der Waals surface area contributed by atoms with E-state index < -0.39 is 0 Å². The monoisotopic (exact) mass is 352 g/mol. The van der Waals surface area contributed by atoms with Gasteiger partial charge >= 0.3 is 6.03 Å². The number of aromatic amines is 1. The molecule has 1 aromatic heterocycles. The van der Waals surface area contributed by atoms with Gasteiger partial charge < -0.3 is 20.4 Å². The molecule has 3 N–H and O–H groups in total. The number of anilines is 1. The first-order chi connectivity index (χ1) is 12.3. The number of carbonyl (C=O) groups excluding carboxylic acids is 1. The van der Waals surface area contributed by atoms with Gasteiger partial charge in [0, 0.05) is 5.69 Å². The highest BCUT2D eigenvalue weighted by atomic mass is 16.5. The third kappa shape index (κ3) is 4.14. The van der Waals surface area contributed by atoms with E-state index in [0.717, 1.165) is 22.3 Å². The summed E-state index contributed by atoms with van der Waals surface area (Å²) < 4.78 is 5.80. The zero-order valence-electron chi connectivity index (χ0n) is 15.5. The standard InChI is InChI=1S/C20H24N4O2/c1-13-5-8-18(15(9-13)20(2,3)4)26-12-23-19(25)24-14-6-7-16-17(10-14)22-11-21-16/h5-11H,12H2,1-4H3,(H,21,22)(H2,23,24,25). The molecule has 0 atom stereocenters. The minimum atomic E-state index is -0.326. The van der Waals surface area contributed by atoms with Crippen LogP contribution in [0.2, 0.25) is 0 Å². The summed E-state index contributed by atoms with van der Waals surface area (Å²) in [6, 6.07) is 11.2. The van der Waals surface area contributed by atoms with E-state index in [-0.39, 0.29) is 18.2 Å². The maximum Gasteiger partial charge on any atom is 0.321 e. The van der Waals surface area contributed by atoms with Gasteiger partial charge in [0.25, 0.3) is 0 Å². The van der Waals surface area contributed by atoms with Crippen molar-refractivity contribution >= 4 is 22.8 Å². The predicted molar refractivity (Wildman–Crippen MR) is 104 cm³/mol. The van der Waals surface area contributed by atoms with Crippen LogP contribution >= 0.6 is 0 Å². The Balaban J connectivity index is 1.58. The van der Waals surface area contributed by atoms with Gasteiger partial charge in [0.2, 0.25) is 0 Å². The molecule has 0 saturated carbocycles. The topological polar surface area (TPSA) is 79.0 Å². The smallest absolute Gasteiger partial charge is 0.321 e. The van der Waals surface area contributed by atoms with Crippen molar-refractivity contribution in [2.45, 2.75) is 33.1 Å². The minimum absolute atomic E-state index is 0.0386. The van der Waals surface area contributed by atoms with Gasteiger partial charge in [-0.3, -0.25) is 0 Å². The Hall–Kier alpha value is -3.02. The number of nitrogens with zero attached hydrogens (tertiary/aromatic N) is 1. The first-order valence-electron chi connectivity index (χ1n) is 8.55. The Morgan fingerprint density at radius 1 is 1.19 bits per heavy atom. The first kappa shape index (κ1) is 17.8. The second kappa shape index (κ2) is 7.07. The van der Waals surface area contributed by atoms with Crippen molar-refractivity contribution < 1.29 is 9.53 Å². The zero-order chi connectivity index (χ0) is 18.7. The normalized spacial score (nSPS) is 11.4. The van der Waals surface area contributed by atoms with Crippen molar-refractivity contribution in [2.75, 3.05) is 12.0 Å². The third-order valence-electron chi connectivity index (χ3n) is 4.08. The molecule has 1 heterocycles. The number of H-pyrrole nitrogens is 1. The second-order valence-corrected chi connectivity index (χ2v) is 7.30. The van der Waals surface area contributed by atoms with E-state index in [0.29, 0.717) is 5.69 Å². The molecule has 0 saturated heterocycles. The molecule has 0 aliphatic heterocycles. The fraction of sp³-hybridized carbons (Fsp3) is 0.300. The third-order valence-corrected chi connectivity index (χ3v) is 4.08. The van der Waals surface area contributed by atoms with Crippen molar-refractivity contribution in [2.24, 2.45) is 0 Å². The van der Waals surface area contributed by atoms with Crippen LogP contribution in [0.25, 0.3) is 11.0 Å². The molecule has 26 heavy (non-hydrogen) atoms.